The first-order valence-electron chi connectivity index (χ1n) is 9.94. The van der Waals surface area contributed by atoms with Crippen molar-refractivity contribution in [1.29, 1.82) is 0 Å². The first kappa shape index (κ1) is 20.1. The molecule has 1 aliphatic heterocycles. The number of ether oxygens (including phenoxy) is 1. The van der Waals surface area contributed by atoms with Gasteiger partial charge in [0.1, 0.15) is 17.4 Å². The summed E-state index contributed by atoms with van der Waals surface area (Å²) in [6.45, 7) is 4.90. The van der Waals surface area contributed by atoms with E-state index in [1.165, 1.54) is 24.2 Å². The maximum atomic E-state index is 13.0. The third kappa shape index (κ3) is 5.65. The maximum absolute atomic E-state index is 13.0. The van der Waals surface area contributed by atoms with E-state index in [-0.39, 0.29) is 5.91 Å². The summed E-state index contributed by atoms with van der Waals surface area (Å²) in [7, 11) is 0. The van der Waals surface area contributed by atoms with Crippen LogP contribution in [0, 0.1) is 0 Å². The van der Waals surface area contributed by atoms with Crippen molar-refractivity contribution >= 4 is 28.6 Å². The first-order chi connectivity index (χ1) is 14.3. The standard InChI is InChI=1S/C22H25N3O2S2/c26-22(20-9-6-14-28-20)25(13-12-24-10-4-5-11-24)15-18-17-29-21(23-18)16-27-19-7-2-1-3-8-19/h1-3,6-9,14,17H,4-5,10-13,15-16H2. The summed E-state index contributed by atoms with van der Waals surface area (Å²) in [4.78, 5) is 22.9. The van der Waals surface area contributed by atoms with Gasteiger partial charge in [0.2, 0.25) is 0 Å². The molecule has 2 aromatic heterocycles. The minimum atomic E-state index is 0.0919. The average molecular weight is 428 g/mol. The van der Waals surface area contributed by atoms with Crippen molar-refractivity contribution in [2.24, 2.45) is 0 Å². The monoisotopic (exact) mass is 427 g/mol. The number of hydrogen-bond donors (Lipinski definition) is 0. The number of carbonyl (C=O) groups is 1. The van der Waals surface area contributed by atoms with Crippen LogP contribution in [0.15, 0.2) is 53.2 Å². The fraction of sp³-hybridized carbons (Fsp3) is 0.364. The molecule has 0 saturated carbocycles. The van der Waals surface area contributed by atoms with E-state index in [4.69, 9.17) is 9.72 Å². The molecule has 0 bridgehead atoms. The fourth-order valence-electron chi connectivity index (χ4n) is 3.42. The molecule has 1 amide bonds. The van der Waals surface area contributed by atoms with E-state index in [1.807, 2.05) is 58.1 Å². The predicted octanol–water partition coefficient (Wildman–Crippen LogP) is 4.52. The van der Waals surface area contributed by atoms with E-state index in [9.17, 15) is 4.79 Å². The highest BCUT2D eigenvalue weighted by atomic mass is 32.1. The molecule has 0 aliphatic carbocycles. The third-order valence-electron chi connectivity index (χ3n) is 4.96. The summed E-state index contributed by atoms with van der Waals surface area (Å²) in [6.07, 6.45) is 2.52. The smallest absolute Gasteiger partial charge is 0.264 e. The van der Waals surface area contributed by atoms with Crippen LogP contribution in [-0.4, -0.2) is 46.9 Å². The zero-order valence-electron chi connectivity index (χ0n) is 16.3. The fourth-order valence-corrected chi connectivity index (χ4v) is 4.81. The van der Waals surface area contributed by atoms with E-state index in [2.05, 4.69) is 4.90 Å². The molecular weight excluding hydrogens is 402 g/mol. The highest BCUT2D eigenvalue weighted by molar-refractivity contribution is 7.12. The maximum Gasteiger partial charge on any atom is 0.264 e. The van der Waals surface area contributed by atoms with E-state index < -0.39 is 0 Å². The quantitative estimate of drug-likeness (QED) is 0.504. The first-order valence-corrected chi connectivity index (χ1v) is 11.7. The molecular formula is C22H25N3O2S2. The Balaban J connectivity index is 1.38. The second-order valence-corrected chi connectivity index (χ2v) is 8.98. The molecule has 1 aliphatic rings. The molecule has 1 fully saturated rings. The molecule has 0 unspecified atom stereocenters. The normalized spacial score (nSPS) is 14.2. The van der Waals surface area contributed by atoms with Crippen LogP contribution in [0.4, 0.5) is 0 Å². The molecule has 4 rings (SSSR count). The Morgan fingerprint density at radius 2 is 1.93 bits per heavy atom. The van der Waals surface area contributed by atoms with Crippen molar-refractivity contribution in [2.75, 3.05) is 26.2 Å². The van der Waals surface area contributed by atoms with E-state index in [0.717, 1.165) is 47.5 Å². The number of para-hydroxylation sites is 1. The lowest BCUT2D eigenvalue weighted by atomic mass is 10.3. The number of rotatable bonds is 9. The zero-order valence-corrected chi connectivity index (χ0v) is 18.0. The van der Waals surface area contributed by atoms with Crippen molar-refractivity contribution in [1.82, 2.24) is 14.8 Å². The van der Waals surface area contributed by atoms with Gasteiger partial charge < -0.3 is 14.5 Å². The lowest BCUT2D eigenvalue weighted by molar-refractivity contribution is 0.0730. The number of aromatic nitrogens is 1. The van der Waals surface area contributed by atoms with Gasteiger partial charge in [-0.15, -0.1) is 22.7 Å². The molecule has 1 saturated heterocycles. The molecule has 152 valence electrons. The minimum Gasteiger partial charge on any atom is -0.486 e. The highest BCUT2D eigenvalue weighted by Gasteiger charge is 2.20. The van der Waals surface area contributed by atoms with Gasteiger partial charge in [-0.25, -0.2) is 4.98 Å². The van der Waals surface area contributed by atoms with Gasteiger partial charge in [0, 0.05) is 18.5 Å². The number of thiophene rings is 1. The number of benzene rings is 1. The van der Waals surface area contributed by atoms with Gasteiger partial charge in [-0.05, 0) is 49.5 Å². The number of thiazole rings is 1. The van der Waals surface area contributed by atoms with Crippen LogP contribution in [0.2, 0.25) is 0 Å². The molecule has 1 aromatic carbocycles. The van der Waals surface area contributed by atoms with Crippen molar-refractivity contribution in [3.63, 3.8) is 0 Å². The molecule has 0 N–H and O–H groups in total. The van der Waals surface area contributed by atoms with Crippen LogP contribution < -0.4 is 4.74 Å². The van der Waals surface area contributed by atoms with Gasteiger partial charge in [-0.3, -0.25) is 4.79 Å². The molecule has 7 heteroatoms. The van der Waals surface area contributed by atoms with Gasteiger partial charge in [0.15, 0.2) is 0 Å². The van der Waals surface area contributed by atoms with Crippen molar-refractivity contribution < 1.29 is 9.53 Å². The Hall–Kier alpha value is -2.22. The topological polar surface area (TPSA) is 45.7 Å². The Morgan fingerprint density at radius 1 is 1.10 bits per heavy atom. The summed E-state index contributed by atoms with van der Waals surface area (Å²) in [5, 5.41) is 4.91. The Labute approximate surface area is 179 Å². The van der Waals surface area contributed by atoms with E-state index >= 15 is 0 Å². The van der Waals surface area contributed by atoms with E-state index in [1.54, 1.807) is 11.3 Å². The lowest BCUT2D eigenvalue weighted by Crippen LogP contribution is -2.37. The molecule has 5 nitrogen and oxygen atoms in total. The van der Waals surface area contributed by atoms with Crippen LogP contribution in [0.3, 0.4) is 0 Å². The van der Waals surface area contributed by atoms with Crippen LogP contribution in [0.5, 0.6) is 5.75 Å². The van der Waals surface area contributed by atoms with Crippen LogP contribution in [-0.2, 0) is 13.2 Å². The van der Waals surface area contributed by atoms with Crippen LogP contribution in [0.25, 0.3) is 0 Å². The minimum absolute atomic E-state index is 0.0919. The SMILES string of the molecule is O=C(c1cccs1)N(CCN1CCCC1)Cc1csc(COc2ccccc2)n1. The lowest BCUT2D eigenvalue weighted by Gasteiger charge is -2.24. The summed E-state index contributed by atoms with van der Waals surface area (Å²) >= 11 is 3.08. The molecule has 3 aromatic rings. The van der Waals surface area contributed by atoms with Crippen molar-refractivity contribution in [2.45, 2.75) is 26.0 Å². The number of likely N-dealkylation sites (tertiary alicyclic amines) is 1. The zero-order chi connectivity index (χ0) is 19.9. The Kier molecular flexibility index (Phi) is 6.92. The van der Waals surface area contributed by atoms with Gasteiger partial charge in [-0.1, -0.05) is 24.3 Å². The highest BCUT2D eigenvalue weighted by Crippen LogP contribution is 2.19. The number of carbonyl (C=O) groups excluding carboxylic acids is 1. The average Bonchev–Trinajstić information content (AvgIpc) is 3.53. The van der Waals surface area contributed by atoms with Crippen LogP contribution in [0.1, 0.15) is 33.2 Å². The van der Waals surface area contributed by atoms with Gasteiger partial charge in [-0.2, -0.15) is 0 Å². The molecule has 0 radical (unpaired) electrons. The molecule has 0 spiro atoms. The Morgan fingerprint density at radius 3 is 2.69 bits per heavy atom. The number of nitrogens with zero attached hydrogens (tertiary/aromatic N) is 3. The summed E-state index contributed by atoms with van der Waals surface area (Å²) < 4.78 is 5.79. The summed E-state index contributed by atoms with van der Waals surface area (Å²) in [6, 6.07) is 13.6. The predicted molar refractivity (Wildman–Crippen MR) is 118 cm³/mol. The molecule has 29 heavy (non-hydrogen) atoms. The molecule has 0 atom stereocenters. The second-order valence-electron chi connectivity index (χ2n) is 7.09. The third-order valence-corrected chi connectivity index (χ3v) is 6.69. The van der Waals surface area contributed by atoms with Crippen molar-refractivity contribution in [3.05, 3.63) is 68.8 Å². The van der Waals surface area contributed by atoms with Gasteiger partial charge in [0.05, 0.1) is 17.1 Å². The second kappa shape index (κ2) is 10.0. The summed E-state index contributed by atoms with van der Waals surface area (Å²) in [5.74, 6) is 0.929. The van der Waals surface area contributed by atoms with Crippen LogP contribution >= 0.6 is 22.7 Å². The van der Waals surface area contributed by atoms with Crippen molar-refractivity contribution in [3.8, 4) is 5.75 Å². The Bertz CT molecular complexity index is 890. The van der Waals surface area contributed by atoms with Gasteiger partial charge >= 0.3 is 0 Å². The summed E-state index contributed by atoms with van der Waals surface area (Å²) in [5.41, 5.74) is 0.924. The number of amides is 1. The largest absolute Gasteiger partial charge is 0.486 e. The number of hydrogen-bond acceptors (Lipinski definition) is 6. The van der Waals surface area contributed by atoms with E-state index in [0.29, 0.717) is 13.2 Å². The molecule has 3 heterocycles. The van der Waals surface area contributed by atoms with Gasteiger partial charge in [0.25, 0.3) is 5.91 Å².